The average molecular weight is 418 g/mol. The molecule has 5 nitrogen and oxygen atoms in total. The minimum absolute atomic E-state index is 0. The van der Waals surface area contributed by atoms with Crippen molar-refractivity contribution >= 4 is 42.1 Å². The molecular weight excluding hydrogens is 393 g/mol. The van der Waals surface area contributed by atoms with Gasteiger partial charge in [-0.05, 0) is 36.8 Å². The van der Waals surface area contributed by atoms with Gasteiger partial charge in [0.25, 0.3) is 0 Å². The number of pyridine rings is 1. The third-order valence-electron chi connectivity index (χ3n) is 4.02. The summed E-state index contributed by atoms with van der Waals surface area (Å²) >= 11 is 1.74. The van der Waals surface area contributed by atoms with Crippen LogP contribution in [0.2, 0.25) is 0 Å². The molecule has 1 atom stereocenters. The molecule has 0 bridgehead atoms. The Bertz CT molecular complexity index is 663. The van der Waals surface area contributed by atoms with E-state index in [-0.39, 0.29) is 36.8 Å². The molecule has 144 valence electrons. The molecule has 3 heterocycles. The maximum Gasteiger partial charge on any atom is 0.225 e. The van der Waals surface area contributed by atoms with Gasteiger partial charge in [-0.1, -0.05) is 0 Å². The second-order valence-corrected chi connectivity index (χ2v) is 7.39. The molecule has 2 aromatic heterocycles. The topological polar surface area (TPSA) is 54.5 Å². The molecule has 1 fully saturated rings. The van der Waals surface area contributed by atoms with Crippen LogP contribution in [0.25, 0.3) is 0 Å². The highest BCUT2D eigenvalue weighted by atomic mass is 35.5. The van der Waals surface area contributed by atoms with Crippen LogP contribution in [0.1, 0.15) is 21.7 Å². The Morgan fingerprint density at radius 3 is 2.65 bits per heavy atom. The molecule has 0 saturated carbocycles. The van der Waals surface area contributed by atoms with E-state index < -0.39 is 0 Å². The third kappa shape index (κ3) is 6.85. The number of hydrogen-bond donors (Lipinski definition) is 1. The standard InChI is InChI=1S/C18H23N3O2S.2ClH/c1-14-2-3-17(24-14)13-21(12-15-4-6-19-7-5-15)18(22)10-16-11-20-8-9-23-16;;/h2-7,16,20H,8-13H2,1H3;2*1H. The minimum Gasteiger partial charge on any atom is -0.375 e. The number of aromatic nitrogens is 1. The molecule has 1 aliphatic heterocycles. The lowest BCUT2D eigenvalue weighted by Crippen LogP contribution is -2.42. The molecule has 26 heavy (non-hydrogen) atoms. The van der Waals surface area contributed by atoms with Crippen molar-refractivity contribution in [3.8, 4) is 0 Å². The highest BCUT2D eigenvalue weighted by Gasteiger charge is 2.22. The summed E-state index contributed by atoms with van der Waals surface area (Å²) < 4.78 is 5.69. The summed E-state index contributed by atoms with van der Waals surface area (Å²) in [6, 6.07) is 8.12. The van der Waals surface area contributed by atoms with Crippen LogP contribution < -0.4 is 5.32 Å². The van der Waals surface area contributed by atoms with E-state index in [1.54, 1.807) is 23.7 Å². The van der Waals surface area contributed by atoms with Gasteiger partial charge < -0.3 is 15.0 Å². The third-order valence-corrected chi connectivity index (χ3v) is 5.01. The molecule has 1 saturated heterocycles. The number of hydrogen-bond acceptors (Lipinski definition) is 5. The van der Waals surface area contributed by atoms with Gasteiger partial charge in [-0.15, -0.1) is 36.2 Å². The maximum atomic E-state index is 12.8. The predicted molar refractivity (Wildman–Crippen MR) is 109 cm³/mol. The highest BCUT2D eigenvalue weighted by Crippen LogP contribution is 2.19. The summed E-state index contributed by atoms with van der Waals surface area (Å²) in [5.41, 5.74) is 1.09. The van der Waals surface area contributed by atoms with Crippen LogP contribution in [-0.2, 0) is 22.6 Å². The fourth-order valence-electron chi connectivity index (χ4n) is 2.77. The molecule has 8 heteroatoms. The number of morpholine rings is 1. The van der Waals surface area contributed by atoms with Crippen molar-refractivity contribution in [3.63, 3.8) is 0 Å². The zero-order valence-corrected chi connectivity index (χ0v) is 17.2. The van der Waals surface area contributed by atoms with Gasteiger partial charge in [0.1, 0.15) is 0 Å². The first-order chi connectivity index (χ1) is 11.7. The Labute approximate surface area is 171 Å². The van der Waals surface area contributed by atoms with E-state index in [4.69, 9.17) is 4.74 Å². The van der Waals surface area contributed by atoms with E-state index in [0.29, 0.717) is 26.1 Å². The van der Waals surface area contributed by atoms with E-state index in [2.05, 4.69) is 29.4 Å². The van der Waals surface area contributed by atoms with Crippen molar-refractivity contribution in [3.05, 3.63) is 52.0 Å². The highest BCUT2D eigenvalue weighted by molar-refractivity contribution is 7.11. The van der Waals surface area contributed by atoms with E-state index in [0.717, 1.165) is 18.7 Å². The van der Waals surface area contributed by atoms with Gasteiger partial charge in [0.2, 0.25) is 5.91 Å². The molecule has 1 aliphatic rings. The fourth-order valence-corrected chi connectivity index (χ4v) is 3.68. The lowest BCUT2D eigenvalue weighted by molar-refractivity contribution is -0.136. The number of carbonyl (C=O) groups excluding carboxylic acids is 1. The Balaban J connectivity index is 0.00000169. The van der Waals surface area contributed by atoms with Gasteiger partial charge in [0, 0.05) is 41.8 Å². The number of ether oxygens (including phenoxy) is 1. The van der Waals surface area contributed by atoms with Crippen molar-refractivity contribution in [2.24, 2.45) is 0 Å². The predicted octanol–water partition coefficient (Wildman–Crippen LogP) is 3.20. The number of thiophene rings is 1. The molecular formula is C18H25Cl2N3O2S. The molecule has 1 unspecified atom stereocenters. The first kappa shape index (κ1) is 22.9. The lowest BCUT2D eigenvalue weighted by Gasteiger charge is -2.27. The van der Waals surface area contributed by atoms with Crippen molar-refractivity contribution in [2.45, 2.75) is 32.5 Å². The van der Waals surface area contributed by atoms with E-state index >= 15 is 0 Å². The van der Waals surface area contributed by atoms with E-state index in [1.165, 1.54) is 9.75 Å². The molecule has 0 aliphatic carbocycles. The summed E-state index contributed by atoms with van der Waals surface area (Å²) in [7, 11) is 0. The number of rotatable bonds is 6. The lowest BCUT2D eigenvalue weighted by atomic mass is 10.1. The number of nitrogens with one attached hydrogen (secondary N) is 1. The second kappa shape index (κ2) is 11.5. The SMILES string of the molecule is Cc1ccc(CN(Cc2ccncc2)C(=O)CC2CNCCO2)s1.Cl.Cl. The zero-order chi connectivity index (χ0) is 16.8. The summed E-state index contributed by atoms with van der Waals surface area (Å²) in [5.74, 6) is 0.131. The van der Waals surface area contributed by atoms with Crippen LogP contribution in [0.5, 0.6) is 0 Å². The first-order valence-corrected chi connectivity index (χ1v) is 9.06. The van der Waals surface area contributed by atoms with Crippen LogP contribution in [0.15, 0.2) is 36.7 Å². The van der Waals surface area contributed by atoms with E-state index in [1.807, 2.05) is 17.0 Å². The van der Waals surface area contributed by atoms with Gasteiger partial charge in [-0.25, -0.2) is 0 Å². The van der Waals surface area contributed by atoms with Gasteiger partial charge in [-0.3, -0.25) is 9.78 Å². The summed E-state index contributed by atoms with van der Waals surface area (Å²) in [6.45, 7) is 5.60. The first-order valence-electron chi connectivity index (χ1n) is 8.25. The molecule has 0 radical (unpaired) electrons. The number of aryl methyl sites for hydroxylation is 1. The summed E-state index contributed by atoms with van der Waals surface area (Å²) in [6.07, 6.45) is 3.92. The Morgan fingerprint density at radius 1 is 1.27 bits per heavy atom. The molecule has 2 aromatic rings. The van der Waals surface area contributed by atoms with Crippen LogP contribution >= 0.6 is 36.2 Å². The molecule has 0 aromatic carbocycles. The Morgan fingerprint density at radius 2 is 2.04 bits per heavy atom. The zero-order valence-electron chi connectivity index (χ0n) is 14.7. The second-order valence-electron chi connectivity index (χ2n) is 6.02. The van der Waals surface area contributed by atoms with Crippen molar-refractivity contribution in [1.29, 1.82) is 0 Å². The molecule has 1 N–H and O–H groups in total. The molecule has 3 rings (SSSR count). The smallest absolute Gasteiger partial charge is 0.225 e. The number of carbonyl (C=O) groups is 1. The fraction of sp³-hybridized carbons (Fsp3) is 0.444. The van der Waals surface area contributed by atoms with Crippen LogP contribution in [0.4, 0.5) is 0 Å². The normalized spacial score (nSPS) is 16.3. The van der Waals surface area contributed by atoms with Crippen LogP contribution in [0, 0.1) is 6.92 Å². The minimum atomic E-state index is -0.0312. The van der Waals surface area contributed by atoms with Crippen molar-refractivity contribution in [1.82, 2.24) is 15.2 Å². The van der Waals surface area contributed by atoms with Crippen LogP contribution in [-0.4, -0.2) is 41.6 Å². The summed E-state index contributed by atoms with van der Waals surface area (Å²) in [4.78, 5) is 21.3. The van der Waals surface area contributed by atoms with Gasteiger partial charge in [0.15, 0.2) is 0 Å². The monoisotopic (exact) mass is 417 g/mol. The number of amides is 1. The Kier molecular flexibility index (Phi) is 10.1. The molecule has 1 amide bonds. The van der Waals surface area contributed by atoms with E-state index in [9.17, 15) is 4.79 Å². The van der Waals surface area contributed by atoms with Crippen molar-refractivity contribution < 1.29 is 9.53 Å². The largest absolute Gasteiger partial charge is 0.375 e. The number of halogens is 2. The van der Waals surface area contributed by atoms with Gasteiger partial charge in [-0.2, -0.15) is 0 Å². The van der Waals surface area contributed by atoms with Gasteiger partial charge >= 0.3 is 0 Å². The summed E-state index contributed by atoms with van der Waals surface area (Å²) in [5, 5.41) is 3.28. The maximum absolute atomic E-state index is 12.8. The Hall–Kier alpha value is -1.18. The quantitative estimate of drug-likeness (QED) is 0.783. The van der Waals surface area contributed by atoms with Gasteiger partial charge in [0.05, 0.1) is 25.7 Å². The van der Waals surface area contributed by atoms with Crippen LogP contribution in [0.3, 0.4) is 0 Å². The average Bonchev–Trinajstić information content (AvgIpc) is 3.01. The van der Waals surface area contributed by atoms with Crippen molar-refractivity contribution in [2.75, 3.05) is 19.7 Å². The molecule has 0 spiro atoms. The number of nitrogens with zero attached hydrogens (tertiary/aromatic N) is 2.